The van der Waals surface area contributed by atoms with E-state index in [1.165, 1.54) is 6.07 Å². The van der Waals surface area contributed by atoms with Crippen LogP contribution in [0.3, 0.4) is 0 Å². The van der Waals surface area contributed by atoms with Crippen LogP contribution in [0.1, 0.15) is 36.8 Å². The Kier molecular flexibility index (Phi) is 5.17. The molecule has 1 heterocycles. The molecule has 0 atom stereocenters. The highest BCUT2D eigenvalue weighted by Crippen LogP contribution is 2.35. The Morgan fingerprint density at radius 2 is 1.90 bits per heavy atom. The number of piperidine rings is 1. The summed E-state index contributed by atoms with van der Waals surface area (Å²) >= 11 is 5.59. The summed E-state index contributed by atoms with van der Waals surface area (Å²) in [7, 11) is 0. The lowest BCUT2D eigenvalue weighted by Crippen LogP contribution is -2.41. The van der Waals surface area contributed by atoms with Gasteiger partial charge in [-0.25, -0.2) is 0 Å². The molecule has 2 rings (SSSR count). The minimum Gasteiger partial charge on any atom is -0.390 e. The first kappa shape index (κ1) is 16.6. The first-order chi connectivity index (χ1) is 9.80. The molecule has 0 aromatic heterocycles. The molecular weight excluding hydrogens is 303 g/mol. The normalized spacial score (nSPS) is 18.7. The molecule has 1 saturated heterocycles. The first-order valence-corrected chi connectivity index (χ1v) is 7.47. The van der Waals surface area contributed by atoms with Gasteiger partial charge in [0.1, 0.15) is 0 Å². The van der Waals surface area contributed by atoms with Crippen molar-refractivity contribution in [2.24, 2.45) is 0 Å². The molecule has 0 radical (unpaired) electrons. The van der Waals surface area contributed by atoms with Crippen molar-refractivity contribution < 1.29 is 18.3 Å². The summed E-state index contributed by atoms with van der Waals surface area (Å²) in [5, 5.41) is 13.2. The predicted octanol–water partition coefficient (Wildman–Crippen LogP) is 3.80. The van der Waals surface area contributed by atoms with Crippen LogP contribution in [0.25, 0.3) is 0 Å². The number of rotatable bonds is 4. The fourth-order valence-electron chi connectivity index (χ4n) is 2.71. The van der Waals surface area contributed by atoms with Gasteiger partial charge in [-0.05, 0) is 62.9 Å². The van der Waals surface area contributed by atoms with Crippen LogP contribution in [0.5, 0.6) is 0 Å². The summed E-state index contributed by atoms with van der Waals surface area (Å²) in [6.07, 6.45) is -1.26. The van der Waals surface area contributed by atoms with Crippen molar-refractivity contribution in [2.45, 2.75) is 43.9 Å². The third-order valence-corrected chi connectivity index (χ3v) is 4.31. The number of hydrogen-bond donors (Lipinski definition) is 2. The van der Waals surface area contributed by atoms with Gasteiger partial charge >= 0.3 is 6.18 Å². The molecule has 2 N–H and O–H groups in total. The second-order valence-electron chi connectivity index (χ2n) is 5.64. The maximum atomic E-state index is 12.8. The van der Waals surface area contributed by atoms with Crippen LogP contribution in [0, 0.1) is 0 Å². The quantitative estimate of drug-likeness (QED) is 0.884. The van der Waals surface area contributed by atoms with Crippen LogP contribution < -0.4 is 5.32 Å². The Bertz CT molecular complexity index is 484. The van der Waals surface area contributed by atoms with Crippen molar-refractivity contribution in [2.75, 3.05) is 13.1 Å². The van der Waals surface area contributed by atoms with E-state index in [1.807, 2.05) is 0 Å². The van der Waals surface area contributed by atoms with Gasteiger partial charge in [0.05, 0.1) is 16.2 Å². The first-order valence-electron chi connectivity index (χ1n) is 7.09. The molecule has 0 spiro atoms. The van der Waals surface area contributed by atoms with Crippen LogP contribution in [-0.2, 0) is 12.6 Å². The molecule has 0 bridgehead atoms. The molecule has 118 valence electrons. The van der Waals surface area contributed by atoms with E-state index in [0.717, 1.165) is 19.2 Å². The number of aryl methyl sites for hydroxylation is 1. The lowest BCUT2D eigenvalue weighted by atomic mass is 9.86. The van der Waals surface area contributed by atoms with E-state index in [1.54, 1.807) is 6.07 Å². The van der Waals surface area contributed by atoms with E-state index >= 15 is 0 Å². The Morgan fingerprint density at radius 1 is 1.24 bits per heavy atom. The number of hydrogen-bond acceptors (Lipinski definition) is 2. The number of halogens is 4. The van der Waals surface area contributed by atoms with Gasteiger partial charge in [-0.3, -0.25) is 0 Å². The molecule has 6 heteroatoms. The zero-order chi connectivity index (χ0) is 15.5. The molecule has 0 unspecified atom stereocenters. The summed E-state index contributed by atoms with van der Waals surface area (Å²) < 4.78 is 38.3. The molecule has 0 amide bonds. The van der Waals surface area contributed by atoms with Gasteiger partial charge in [-0.1, -0.05) is 17.7 Å². The molecule has 1 fully saturated rings. The summed E-state index contributed by atoms with van der Waals surface area (Å²) in [6, 6.07) is 4.01. The molecule has 0 saturated carbocycles. The molecular formula is C15H19ClF3NO. The van der Waals surface area contributed by atoms with Gasteiger partial charge in [-0.15, -0.1) is 0 Å². The van der Waals surface area contributed by atoms with E-state index in [-0.39, 0.29) is 5.02 Å². The Morgan fingerprint density at radius 3 is 2.52 bits per heavy atom. The van der Waals surface area contributed by atoms with Crippen LogP contribution in [-0.4, -0.2) is 23.8 Å². The highest BCUT2D eigenvalue weighted by atomic mass is 35.5. The van der Waals surface area contributed by atoms with E-state index in [9.17, 15) is 18.3 Å². The van der Waals surface area contributed by atoms with E-state index in [4.69, 9.17) is 11.6 Å². The van der Waals surface area contributed by atoms with E-state index in [2.05, 4.69) is 5.32 Å². The molecule has 1 aromatic rings. The number of aliphatic hydroxyl groups is 1. The molecule has 1 aliphatic rings. The third kappa shape index (κ3) is 4.59. The van der Waals surface area contributed by atoms with Crippen LogP contribution in [0.15, 0.2) is 18.2 Å². The number of nitrogens with one attached hydrogen (secondary N) is 1. The summed E-state index contributed by atoms with van der Waals surface area (Å²) in [5.74, 6) is 0. The molecule has 2 nitrogen and oxygen atoms in total. The van der Waals surface area contributed by atoms with Crippen molar-refractivity contribution in [3.63, 3.8) is 0 Å². The minimum atomic E-state index is -4.43. The van der Waals surface area contributed by atoms with Gasteiger partial charge in [0.25, 0.3) is 0 Å². The summed E-state index contributed by atoms with van der Waals surface area (Å²) in [5.41, 5.74) is -0.864. The van der Waals surface area contributed by atoms with Gasteiger partial charge in [0, 0.05) is 0 Å². The third-order valence-electron chi connectivity index (χ3n) is 3.98. The van der Waals surface area contributed by atoms with Crippen molar-refractivity contribution in [3.8, 4) is 0 Å². The monoisotopic (exact) mass is 321 g/mol. The number of alkyl halides is 3. The van der Waals surface area contributed by atoms with Crippen LogP contribution >= 0.6 is 11.6 Å². The molecule has 21 heavy (non-hydrogen) atoms. The smallest absolute Gasteiger partial charge is 0.390 e. The van der Waals surface area contributed by atoms with Gasteiger partial charge in [0.2, 0.25) is 0 Å². The SMILES string of the molecule is OC1(CCCc2ccc(Cl)c(C(F)(F)F)c2)CCNCC1. The second kappa shape index (κ2) is 6.55. The van der Waals surface area contributed by atoms with Crippen molar-refractivity contribution >= 4 is 11.6 Å². The maximum Gasteiger partial charge on any atom is 0.417 e. The van der Waals surface area contributed by atoms with Gasteiger partial charge in [-0.2, -0.15) is 13.2 Å². The van der Waals surface area contributed by atoms with Crippen LogP contribution in [0.2, 0.25) is 5.02 Å². The molecule has 1 aliphatic heterocycles. The zero-order valence-electron chi connectivity index (χ0n) is 11.6. The Hall–Kier alpha value is -0.780. The minimum absolute atomic E-state index is 0.275. The predicted molar refractivity (Wildman–Crippen MR) is 76.4 cm³/mol. The van der Waals surface area contributed by atoms with Crippen molar-refractivity contribution in [1.29, 1.82) is 0 Å². The fourth-order valence-corrected chi connectivity index (χ4v) is 2.93. The lowest BCUT2D eigenvalue weighted by molar-refractivity contribution is -0.137. The van der Waals surface area contributed by atoms with Gasteiger partial charge < -0.3 is 10.4 Å². The fraction of sp³-hybridized carbons (Fsp3) is 0.600. The van der Waals surface area contributed by atoms with E-state index in [0.29, 0.717) is 37.7 Å². The Balaban J connectivity index is 1.94. The lowest BCUT2D eigenvalue weighted by Gasteiger charge is -2.32. The maximum absolute atomic E-state index is 12.8. The standard InChI is InChI=1S/C15H19ClF3NO/c16-13-4-3-11(10-12(13)15(17,18)19)2-1-5-14(21)6-8-20-9-7-14/h3-4,10,20-21H,1-2,5-9H2. The average Bonchev–Trinajstić information content (AvgIpc) is 2.40. The largest absolute Gasteiger partial charge is 0.417 e. The second-order valence-corrected chi connectivity index (χ2v) is 6.05. The number of benzene rings is 1. The Labute approximate surface area is 127 Å². The van der Waals surface area contributed by atoms with Crippen molar-refractivity contribution in [1.82, 2.24) is 5.32 Å². The molecule has 1 aromatic carbocycles. The topological polar surface area (TPSA) is 32.3 Å². The molecule has 0 aliphatic carbocycles. The zero-order valence-corrected chi connectivity index (χ0v) is 12.4. The summed E-state index contributed by atoms with van der Waals surface area (Å²) in [4.78, 5) is 0. The highest BCUT2D eigenvalue weighted by Gasteiger charge is 2.33. The van der Waals surface area contributed by atoms with Crippen molar-refractivity contribution in [3.05, 3.63) is 34.3 Å². The van der Waals surface area contributed by atoms with Gasteiger partial charge in [0.15, 0.2) is 0 Å². The van der Waals surface area contributed by atoms with E-state index < -0.39 is 17.3 Å². The summed E-state index contributed by atoms with van der Waals surface area (Å²) in [6.45, 7) is 1.57. The average molecular weight is 322 g/mol. The van der Waals surface area contributed by atoms with Crippen LogP contribution in [0.4, 0.5) is 13.2 Å². The highest BCUT2D eigenvalue weighted by molar-refractivity contribution is 6.31.